The third-order valence-electron chi connectivity index (χ3n) is 18.4. The number of carbonyl (C=O) groups is 5. The number of rotatable bonds is 14. The van der Waals surface area contributed by atoms with Crippen molar-refractivity contribution in [2.45, 2.75) is 205 Å². The number of ether oxygens (including phenoxy) is 9. The van der Waals surface area contributed by atoms with Crippen molar-refractivity contribution in [3.8, 4) is 0 Å². The predicted octanol–water partition coefficient (Wildman–Crippen LogP) is 6.71. The van der Waals surface area contributed by atoms with E-state index in [0.717, 1.165) is 44.5 Å². The molecule has 2 N–H and O–H groups in total. The minimum atomic E-state index is -2.48. The van der Waals surface area contributed by atoms with E-state index in [0.29, 0.717) is 76.9 Å². The summed E-state index contributed by atoms with van der Waals surface area (Å²) in [5.41, 5.74) is 1.27. The van der Waals surface area contributed by atoms with Gasteiger partial charge >= 0.3 is 5.97 Å². The molecule has 2 unspecified atom stereocenters. The van der Waals surface area contributed by atoms with Gasteiger partial charge in [0.1, 0.15) is 36.2 Å². The van der Waals surface area contributed by atoms with Gasteiger partial charge in [-0.15, -0.1) is 0 Å². The first-order chi connectivity index (χ1) is 38.7. The lowest BCUT2D eigenvalue weighted by Gasteiger charge is -2.50. The van der Waals surface area contributed by atoms with Gasteiger partial charge in [0, 0.05) is 83.5 Å². The average molecular weight is 1140 g/mol. The number of allylic oxidation sites excluding steroid dienone is 6. The molecule has 1 aliphatic carbocycles. The van der Waals surface area contributed by atoms with E-state index in [9.17, 15) is 34.2 Å². The highest BCUT2D eigenvalue weighted by Crippen LogP contribution is 2.46. The van der Waals surface area contributed by atoms with Crippen LogP contribution in [0.15, 0.2) is 47.6 Å². The van der Waals surface area contributed by atoms with Crippen molar-refractivity contribution in [1.82, 2.24) is 9.80 Å². The molecule has 1 saturated carbocycles. The number of Topliss-reactive ketones (excluding diaryl/α,β-unsaturated/α-hetero) is 3. The van der Waals surface area contributed by atoms with Crippen molar-refractivity contribution >= 4 is 29.2 Å². The van der Waals surface area contributed by atoms with Crippen molar-refractivity contribution in [1.29, 1.82) is 0 Å². The van der Waals surface area contributed by atoms with Crippen LogP contribution in [0.3, 0.4) is 0 Å². The zero-order chi connectivity index (χ0) is 58.5. The number of ketones is 3. The number of hydrogen-bond donors (Lipinski definition) is 2. The van der Waals surface area contributed by atoms with E-state index in [1.165, 1.54) is 12.0 Å². The maximum absolute atomic E-state index is 14.8. The number of methoxy groups -OCH3 is 2. The molecule has 1 amide bonds. The van der Waals surface area contributed by atoms with Gasteiger partial charge in [0.05, 0.1) is 63.1 Å². The molecule has 81 heavy (non-hydrogen) atoms. The van der Waals surface area contributed by atoms with Crippen LogP contribution in [-0.2, 0) is 66.6 Å². The Morgan fingerprint density at radius 3 is 2.23 bits per heavy atom. The molecule has 7 rings (SSSR count). The van der Waals surface area contributed by atoms with Gasteiger partial charge in [-0.05, 0) is 121 Å². The lowest BCUT2D eigenvalue weighted by Crippen LogP contribution is -2.65. The van der Waals surface area contributed by atoms with Gasteiger partial charge in [-0.1, -0.05) is 64.2 Å². The van der Waals surface area contributed by atoms with Crippen LogP contribution in [0.1, 0.15) is 132 Å². The minimum absolute atomic E-state index is 0.000860. The highest BCUT2D eigenvalue weighted by molar-refractivity contribution is 6.39. The number of aliphatic hydroxyl groups excluding tert-OH is 1. The molecular weight excluding hydrogens is 1040 g/mol. The van der Waals surface area contributed by atoms with Crippen molar-refractivity contribution in [2.24, 2.45) is 41.4 Å². The summed E-state index contributed by atoms with van der Waals surface area (Å²) in [5.74, 6) is -8.48. The van der Waals surface area contributed by atoms with Gasteiger partial charge in [0.25, 0.3) is 11.7 Å². The first kappa shape index (κ1) is 65.0. The van der Waals surface area contributed by atoms with Crippen LogP contribution in [0.2, 0.25) is 0 Å². The fourth-order valence-electron chi connectivity index (χ4n) is 13.7. The first-order valence-electron chi connectivity index (χ1n) is 30.5. The Balaban J connectivity index is 1.15. The molecule has 0 radical (unpaired) electrons. The van der Waals surface area contributed by atoms with E-state index in [2.05, 4.69) is 18.7 Å². The van der Waals surface area contributed by atoms with E-state index in [4.69, 9.17) is 42.6 Å². The number of esters is 1. The second-order valence-electron chi connectivity index (χ2n) is 24.9. The summed E-state index contributed by atoms with van der Waals surface area (Å²) in [5, 5.41) is 24.0. The summed E-state index contributed by atoms with van der Waals surface area (Å²) in [4.78, 5) is 76.3. The molecule has 456 valence electrons. The highest BCUT2D eigenvalue weighted by Gasteiger charge is 2.57. The van der Waals surface area contributed by atoms with Crippen LogP contribution in [-0.4, -0.2) is 196 Å². The number of carbonyl (C=O) groups excluding carboxylic acids is 5. The van der Waals surface area contributed by atoms with Gasteiger partial charge in [-0.2, -0.15) is 0 Å². The Bertz CT molecular complexity index is 2220. The van der Waals surface area contributed by atoms with Crippen molar-refractivity contribution in [2.75, 3.05) is 73.4 Å². The van der Waals surface area contributed by atoms with Gasteiger partial charge in [0.2, 0.25) is 5.79 Å². The molecule has 0 aromatic rings. The third kappa shape index (κ3) is 17.1. The third-order valence-corrected chi connectivity index (χ3v) is 18.4. The summed E-state index contributed by atoms with van der Waals surface area (Å²) in [6.07, 6.45) is 13.2. The summed E-state index contributed by atoms with van der Waals surface area (Å²) in [6.45, 7) is 20.2. The Labute approximate surface area is 482 Å². The van der Waals surface area contributed by atoms with Gasteiger partial charge in [0.15, 0.2) is 5.78 Å². The standard InChI is InChI=1S/C63H98N2O16/c1-38-16-12-11-13-17-39(2)53(78-27-26-76-48-36-75-37-48)32-47-21-19-43(6)63(72,81-47)60(69)61(70)65-24-14-18-49-50(30-46-20-22-52(55(31-46)73-9)77-25-15-23-64-34-44(7)79-45(8)35-64)54(80-62(71)56(49)65)33-51(66)40(3)29-42(5)58(68)59(74-10)57(67)41(4)28-38/h11-13,16-17,29,38,40-41,43-50,52-56,58-59,68,72H,14-15,18-28,30-37H2,1-10H3/b13-11+,16-12+,39-17+,42-29+/t38-,40-,41-,43-,44-,45+,46+,47+,49-,50?,52-,53+,54+,55-,56?,58-,59+,63-/m1/s1. The zero-order valence-corrected chi connectivity index (χ0v) is 50.2. The summed E-state index contributed by atoms with van der Waals surface area (Å²) < 4.78 is 54.5. The van der Waals surface area contributed by atoms with Crippen LogP contribution in [0.4, 0.5) is 0 Å². The molecule has 0 aromatic heterocycles. The number of fused-ring (bicyclic) bond motifs is 4. The molecule has 18 atom stereocenters. The molecule has 6 heterocycles. The number of aliphatic hydroxyl groups is 2. The number of morpholine rings is 1. The summed E-state index contributed by atoms with van der Waals surface area (Å²) in [7, 11) is 3.10. The van der Waals surface area contributed by atoms with Crippen LogP contribution >= 0.6 is 0 Å². The fraction of sp³-hybridized carbons (Fsp3) is 0.794. The lowest BCUT2D eigenvalue weighted by molar-refractivity contribution is -0.266. The van der Waals surface area contributed by atoms with E-state index >= 15 is 0 Å². The fourth-order valence-corrected chi connectivity index (χ4v) is 13.7. The van der Waals surface area contributed by atoms with Gasteiger partial charge in [-0.3, -0.25) is 24.1 Å². The van der Waals surface area contributed by atoms with Crippen molar-refractivity contribution < 1.29 is 76.8 Å². The first-order valence-corrected chi connectivity index (χ1v) is 30.5. The van der Waals surface area contributed by atoms with Crippen LogP contribution in [0.25, 0.3) is 0 Å². The summed E-state index contributed by atoms with van der Waals surface area (Å²) in [6, 6.07) is -1.14. The second kappa shape index (κ2) is 30.5. The predicted molar refractivity (Wildman–Crippen MR) is 303 cm³/mol. The largest absolute Gasteiger partial charge is 0.460 e. The molecule has 7 aliphatic rings. The van der Waals surface area contributed by atoms with Gasteiger partial charge < -0.3 is 57.7 Å². The minimum Gasteiger partial charge on any atom is -0.460 e. The zero-order valence-electron chi connectivity index (χ0n) is 50.2. The second-order valence-corrected chi connectivity index (χ2v) is 24.9. The monoisotopic (exact) mass is 1140 g/mol. The average Bonchev–Trinajstić information content (AvgIpc) is 3.19. The molecule has 18 heteroatoms. The quantitative estimate of drug-likeness (QED) is 0.0800. The van der Waals surface area contributed by atoms with E-state index < -0.39 is 83.7 Å². The Hall–Kier alpha value is -3.53. The smallest absolute Gasteiger partial charge is 0.329 e. The molecular formula is C63H98N2O16. The highest BCUT2D eigenvalue weighted by atomic mass is 16.6. The number of nitrogens with zero attached hydrogens (tertiary/aromatic N) is 2. The van der Waals surface area contributed by atoms with Crippen LogP contribution < -0.4 is 0 Å². The topological polar surface area (TPSA) is 215 Å². The SMILES string of the molecule is CO[C@@H]1C[C@H](CC2[C@H]3CCCN4C(=O)C(=O)[C@]5(O)O[C@@H](CC[C@H]5C)C[C@H](OCCOC5COC5)/C(C)=C/C=C/C=C/[C@@H](C)C[C@@H](C)C(=O)[C@H](OC)[C@H](O)/C(C)=C/[C@@H](C)C(=O)C[C@@H]2OC(=O)C34)CC[C@H]1OCCCN1C[C@@H](C)O[C@@H](C)C1. The molecule has 5 saturated heterocycles. The molecule has 18 nitrogen and oxygen atoms in total. The number of piperidine rings is 1. The maximum Gasteiger partial charge on any atom is 0.329 e. The van der Waals surface area contributed by atoms with Crippen molar-refractivity contribution in [3.63, 3.8) is 0 Å². The Morgan fingerprint density at radius 2 is 1.53 bits per heavy atom. The van der Waals surface area contributed by atoms with E-state index in [-0.39, 0.29) is 85.8 Å². The van der Waals surface area contributed by atoms with E-state index in [1.54, 1.807) is 34.0 Å². The molecule has 0 spiro atoms. The number of hydrogen-bond acceptors (Lipinski definition) is 17. The Morgan fingerprint density at radius 1 is 0.790 bits per heavy atom. The van der Waals surface area contributed by atoms with Gasteiger partial charge in [-0.25, -0.2) is 4.79 Å². The maximum atomic E-state index is 14.8. The number of amides is 1. The van der Waals surface area contributed by atoms with Crippen molar-refractivity contribution in [3.05, 3.63) is 47.6 Å². The van der Waals surface area contributed by atoms with Crippen LogP contribution in [0.5, 0.6) is 0 Å². The normalized spacial score (nSPS) is 40.9. The Kier molecular flexibility index (Phi) is 24.5. The molecule has 0 aromatic carbocycles. The lowest BCUT2D eigenvalue weighted by atomic mass is 9.68. The molecule has 4 bridgehead atoms. The molecule has 6 aliphatic heterocycles. The molecule has 6 fully saturated rings. The summed E-state index contributed by atoms with van der Waals surface area (Å²) >= 11 is 0. The van der Waals surface area contributed by atoms with Crippen LogP contribution in [0, 0.1) is 41.4 Å². The van der Waals surface area contributed by atoms with E-state index in [1.807, 2.05) is 51.2 Å².